The monoisotopic (exact) mass is 426 g/mol. The molecule has 4 aromatic rings. The summed E-state index contributed by atoms with van der Waals surface area (Å²) in [6, 6.07) is 11.3. The lowest BCUT2D eigenvalue weighted by Crippen LogP contribution is -2.01. The Labute approximate surface area is 162 Å². The molecule has 0 amide bonds. The molecule has 27 heavy (non-hydrogen) atoms. The molecule has 0 unspecified atom stereocenters. The predicted molar refractivity (Wildman–Crippen MR) is 107 cm³/mol. The van der Waals surface area contributed by atoms with Crippen LogP contribution in [0, 0.1) is 0 Å². The number of anilines is 1. The molecule has 0 aliphatic rings. The van der Waals surface area contributed by atoms with Gasteiger partial charge in [0.2, 0.25) is 0 Å². The van der Waals surface area contributed by atoms with Gasteiger partial charge >= 0.3 is 0 Å². The number of aromatic nitrogens is 4. The molecule has 9 heteroatoms. The Morgan fingerprint density at radius 1 is 1.26 bits per heavy atom. The maximum atomic E-state index is 9.85. The van der Waals surface area contributed by atoms with E-state index in [1.807, 2.05) is 35.9 Å². The number of phenols is 1. The van der Waals surface area contributed by atoms with Gasteiger partial charge < -0.3 is 14.4 Å². The number of aromatic hydroxyl groups is 1. The zero-order valence-corrected chi connectivity index (χ0v) is 16.1. The molecule has 0 aliphatic heterocycles. The highest BCUT2D eigenvalue weighted by Crippen LogP contribution is 2.34. The van der Waals surface area contributed by atoms with Crippen LogP contribution in [0.2, 0.25) is 0 Å². The molecule has 0 bridgehead atoms. The number of nitrogens with zero attached hydrogens (tertiary/aromatic N) is 5. The second kappa shape index (κ2) is 6.84. The zero-order valence-electron chi connectivity index (χ0n) is 14.5. The number of hydrogen-bond donors (Lipinski definition) is 2. The van der Waals surface area contributed by atoms with Crippen LogP contribution < -0.4 is 10.2 Å². The van der Waals surface area contributed by atoms with Crippen molar-refractivity contribution in [2.75, 3.05) is 12.5 Å². The Morgan fingerprint density at radius 3 is 2.89 bits per heavy atom. The van der Waals surface area contributed by atoms with Crippen molar-refractivity contribution < 1.29 is 9.84 Å². The highest BCUT2D eigenvalue weighted by molar-refractivity contribution is 9.10. The Balaban J connectivity index is 1.63. The summed E-state index contributed by atoms with van der Waals surface area (Å²) >= 11 is 3.28. The topological polar surface area (TPSA) is 97.5 Å². The number of hydrogen-bond acceptors (Lipinski definition) is 7. The van der Waals surface area contributed by atoms with E-state index in [0.717, 1.165) is 27.6 Å². The summed E-state index contributed by atoms with van der Waals surface area (Å²) in [4.78, 5) is 4.50. The Morgan fingerprint density at radius 2 is 2.07 bits per heavy atom. The van der Waals surface area contributed by atoms with Crippen LogP contribution in [0.3, 0.4) is 0 Å². The zero-order chi connectivity index (χ0) is 19.0. The summed E-state index contributed by atoms with van der Waals surface area (Å²) in [5.74, 6) is 0.673. The molecular formula is C18H15BrN6O2. The quantitative estimate of drug-likeness (QED) is 0.383. The molecule has 0 atom stereocenters. The first-order chi connectivity index (χ1) is 13.1. The van der Waals surface area contributed by atoms with Crippen molar-refractivity contribution in [2.24, 2.45) is 12.1 Å². The Bertz CT molecular complexity index is 1190. The summed E-state index contributed by atoms with van der Waals surface area (Å²) < 4.78 is 7.60. The fraction of sp³-hybridized carbons (Fsp3) is 0.111. The van der Waals surface area contributed by atoms with Crippen LogP contribution in [0.25, 0.3) is 22.1 Å². The minimum atomic E-state index is 0.0383. The van der Waals surface area contributed by atoms with E-state index >= 15 is 0 Å². The van der Waals surface area contributed by atoms with Crippen LogP contribution >= 0.6 is 15.9 Å². The number of hydrazone groups is 1. The van der Waals surface area contributed by atoms with Gasteiger partial charge in [0.15, 0.2) is 17.1 Å². The highest BCUT2D eigenvalue weighted by atomic mass is 79.9. The van der Waals surface area contributed by atoms with Crippen LogP contribution in [-0.4, -0.2) is 38.2 Å². The molecule has 0 fully saturated rings. The van der Waals surface area contributed by atoms with Gasteiger partial charge in [0.05, 0.1) is 23.3 Å². The molecule has 136 valence electrons. The molecule has 4 rings (SSSR count). The van der Waals surface area contributed by atoms with Gasteiger partial charge in [-0.05, 0) is 39.7 Å². The van der Waals surface area contributed by atoms with E-state index in [4.69, 9.17) is 4.74 Å². The fourth-order valence-electron chi connectivity index (χ4n) is 2.84. The van der Waals surface area contributed by atoms with Crippen molar-refractivity contribution in [2.45, 2.75) is 0 Å². The van der Waals surface area contributed by atoms with E-state index in [9.17, 15) is 5.11 Å². The van der Waals surface area contributed by atoms with Crippen molar-refractivity contribution in [3.63, 3.8) is 0 Å². The van der Waals surface area contributed by atoms with Gasteiger partial charge in [-0.2, -0.15) is 10.1 Å². The highest BCUT2D eigenvalue weighted by Gasteiger charge is 2.12. The van der Waals surface area contributed by atoms with E-state index in [-0.39, 0.29) is 11.7 Å². The molecule has 0 saturated carbocycles. The smallest absolute Gasteiger partial charge is 0.265 e. The number of phenolic OH excluding ortho intramolecular Hbond substituents is 1. The Hall–Kier alpha value is -3.20. The lowest BCUT2D eigenvalue weighted by Gasteiger charge is -2.06. The number of fused-ring (bicyclic) bond motifs is 3. The van der Waals surface area contributed by atoms with Gasteiger partial charge in [-0.1, -0.05) is 18.2 Å². The third-order valence-electron chi connectivity index (χ3n) is 4.16. The molecule has 2 heterocycles. The van der Waals surface area contributed by atoms with Gasteiger partial charge in [0, 0.05) is 12.4 Å². The molecule has 2 aromatic heterocycles. The third-order valence-corrected chi connectivity index (χ3v) is 4.76. The van der Waals surface area contributed by atoms with Crippen LogP contribution in [-0.2, 0) is 7.05 Å². The number of halogens is 1. The lowest BCUT2D eigenvalue weighted by atomic mass is 10.2. The van der Waals surface area contributed by atoms with Crippen molar-refractivity contribution in [3.05, 3.63) is 46.4 Å². The number of para-hydroxylation sites is 1. The van der Waals surface area contributed by atoms with Crippen LogP contribution in [0.5, 0.6) is 11.5 Å². The first-order valence-corrected chi connectivity index (χ1v) is 8.81. The maximum absolute atomic E-state index is 9.85. The SMILES string of the molecule is COc1cc(C=NNc2nnc3c4ccccc4n(C)c3n2)cc(Br)c1O. The number of benzene rings is 2. The molecule has 2 N–H and O–H groups in total. The van der Waals surface area contributed by atoms with E-state index in [1.165, 1.54) is 7.11 Å². The number of methoxy groups -OCH3 is 1. The first kappa shape index (κ1) is 17.2. The minimum absolute atomic E-state index is 0.0383. The van der Waals surface area contributed by atoms with E-state index in [1.54, 1.807) is 18.3 Å². The van der Waals surface area contributed by atoms with Crippen LogP contribution in [0.1, 0.15) is 5.56 Å². The van der Waals surface area contributed by atoms with Gasteiger partial charge in [0.1, 0.15) is 5.52 Å². The average molecular weight is 427 g/mol. The number of rotatable bonds is 4. The second-order valence-electron chi connectivity index (χ2n) is 5.81. The van der Waals surface area contributed by atoms with Crippen molar-refractivity contribution in [3.8, 4) is 11.5 Å². The van der Waals surface area contributed by atoms with Crippen molar-refractivity contribution >= 4 is 50.2 Å². The number of nitrogens with one attached hydrogen (secondary N) is 1. The van der Waals surface area contributed by atoms with Crippen molar-refractivity contribution in [1.29, 1.82) is 0 Å². The van der Waals surface area contributed by atoms with Crippen molar-refractivity contribution in [1.82, 2.24) is 19.7 Å². The standard InChI is InChI=1S/C18H15BrN6O2/c1-25-13-6-4-3-5-11(13)15-17(25)21-18(24-22-15)23-20-9-10-7-12(19)16(26)14(8-10)27-2/h3-9,26H,1-2H3,(H,21,23,24). The molecule has 2 aromatic carbocycles. The van der Waals surface area contributed by atoms with Crippen LogP contribution in [0.15, 0.2) is 46.0 Å². The van der Waals surface area contributed by atoms with Crippen LogP contribution in [0.4, 0.5) is 5.95 Å². The maximum Gasteiger partial charge on any atom is 0.265 e. The summed E-state index contributed by atoms with van der Waals surface area (Å²) in [7, 11) is 3.42. The van der Waals surface area contributed by atoms with E-state index < -0.39 is 0 Å². The predicted octanol–water partition coefficient (Wildman–Crippen LogP) is 3.44. The average Bonchev–Trinajstić information content (AvgIpc) is 2.97. The summed E-state index contributed by atoms with van der Waals surface area (Å²) in [5.41, 5.74) is 6.01. The lowest BCUT2D eigenvalue weighted by molar-refractivity contribution is 0.372. The van der Waals surface area contributed by atoms with Gasteiger partial charge in [-0.25, -0.2) is 5.43 Å². The first-order valence-electron chi connectivity index (χ1n) is 8.02. The largest absolute Gasteiger partial charge is 0.503 e. The van der Waals surface area contributed by atoms with Gasteiger partial charge in [-0.3, -0.25) is 0 Å². The molecule has 0 spiro atoms. The normalized spacial score (nSPS) is 11.5. The number of aryl methyl sites for hydroxylation is 1. The second-order valence-corrected chi connectivity index (χ2v) is 6.66. The summed E-state index contributed by atoms with van der Waals surface area (Å²) in [6.07, 6.45) is 1.57. The van der Waals surface area contributed by atoms with E-state index in [2.05, 4.69) is 41.6 Å². The Kier molecular flexibility index (Phi) is 4.36. The molecular weight excluding hydrogens is 412 g/mol. The molecule has 0 radical (unpaired) electrons. The van der Waals surface area contributed by atoms with Gasteiger partial charge in [0.25, 0.3) is 5.95 Å². The third kappa shape index (κ3) is 3.06. The molecule has 0 aliphatic carbocycles. The van der Waals surface area contributed by atoms with E-state index in [0.29, 0.717) is 10.2 Å². The molecule has 8 nitrogen and oxygen atoms in total. The fourth-order valence-corrected chi connectivity index (χ4v) is 3.30. The summed E-state index contributed by atoms with van der Waals surface area (Å²) in [6.45, 7) is 0. The minimum Gasteiger partial charge on any atom is -0.503 e. The van der Waals surface area contributed by atoms with Gasteiger partial charge in [-0.15, -0.1) is 10.2 Å². The molecule has 0 saturated heterocycles. The summed E-state index contributed by atoms with van der Waals surface area (Å²) in [5, 5.41) is 23.4. The number of ether oxygens (including phenoxy) is 1.